The highest BCUT2D eigenvalue weighted by molar-refractivity contribution is 5.93. The third-order valence-electron chi connectivity index (χ3n) is 3.83. The molecule has 25 heavy (non-hydrogen) atoms. The molecule has 0 aliphatic carbocycles. The molecule has 8 nitrogen and oxygen atoms in total. The number of fused-ring (bicyclic) bond motifs is 1. The molecule has 2 aromatic rings. The summed E-state index contributed by atoms with van der Waals surface area (Å²) >= 11 is 0. The topological polar surface area (TPSA) is 91.2 Å². The van der Waals surface area contributed by atoms with Crippen LogP contribution in [0.4, 0.5) is 5.69 Å². The van der Waals surface area contributed by atoms with E-state index in [2.05, 4.69) is 20.8 Å². The molecule has 1 N–H and O–H groups in total. The lowest BCUT2D eigenvalue weighted by Crippen LogP contribution is -2.29. The first-order valence-electron chi connectivity index (χ1n) is 8.18. The predicted molar refractivity (Wildman–Crippen MR) is 91.6 cm³/mol. The highest BCUT2D eigenvalue weighted by atomic mass is 16.7. The Kier molecular flexibility index (Phi) is 3.93. The lowest BCUT2D eigenvalue weighted by atomic mass is 9.95. The Bertz CT molecular complexity index is 807. The number of tetrazole rings is 1. The Morgan fingerprint density at radius 3 is 2.60 bits per heavy atom. The predicted octanol–water partition coefficient (Wildman–Crippen LogP) is 2.68. The molecule has 1 aromatic heterocycles. The van der Waals surface area contributed by atoms with Gasteiger partial charge in [0.1, 0.15) is 6.04 Å². The van der Waals surface area contributed by atoms with Crippen molar-refractivity contribution in [2.75, 3.05) is 5.32 Å². The van der Waals surface area contributed by atoms with E-state index in [9.17, 15) is 4.79 Å². The van der Waals surface area contributed by atoms with E-state index < -0.39 is 11.8 Å². The highest BCUT2D eigenvalue weighted by Gasteiger charge is 2.32. The fourth-order valence-electron chi connectivity index (χ4n) is 2.61. The molecule has 134 valence electrons. The van der Waals surface area contributed by atoms with Gasteiger partial charge in [-0.15, -0.1) is 5.10 Å². The van der Waals surface area contributed by atoms with Crippen molar-refractivity contribution in [1.29, 1.82) is 0 Å². The number of nitrogens with one attached hydrogen (secondary N) is 1. The summed E-state index contributed by atoms with van der Waals surface area (Å²) in [5.41, 5.74) is 0.366. The number of ether oxygens (including phenoxy) is 2. The molecular formula is C17H23N5O3. The first-order chi connectivity index (χ1) is 11.6. The maximum absolute atomic E-state index is 12.6. The van der Waals surface area contributed by atoms with Crippen LogP contribution in [0.3, 0.4) is 0 Å². The van der Waals surface area contributed by atoms with E-state index in [0.717, 1.165) is 0 Å². The van der Waals surface area contributed by atoms with Crippen LogP contribution in [-0.2, 0) is 10.2 Å². The number of nitrogens with zero attached hydrogens (tertiary/aromatic N) is 4. The molecule has 1 amide bonds. The molecule has 1 aromatic carbocycles. The van der Waals surface area contributed by atoms with Gasteiger partial charge >= 0.3 is 0 Å². The average Bonchev–Trinajstić information content (AvgIpc) is 3.08. The van der Waals surface area contributed by atoms with E-state index in [1.807, 2.05) is 34.6 Å². The van der Waals surface area contributed by atoms with Crippen molar-refractivity contribution in [1.82, 2.24) is 20.2 Å². The van der Waals surface area contributed by atoms with Crippen molar-refractivity contribution in [3.63, 3.8) is 0 Å². The van der Waals surface area contributed by atoms with E-state index in [4.69, 9.17) is 9.47 Å². The molecule has 0 fully saturated rings. The molecule has 0 saturated heterocycles. The number of hydrogen-bond acceptors (Lipinski definition) is 6. The minimum Gasteiger partial charge on any atom is -0.449 e. The van der Waals surface area contributed by atoms with E-state index in [1.54, 1.807) is 29.8 Å². The van der Waals surface area contributed by atoms with Crippen LogP contribution in [0.5, 0.6) is 11.5 Å². The van der Waals surface area contributed by atoms with Crippen molar-refractivity contribution in [2.24, 2.45) is 0 Å². The van der Waals surface area contributed by atoms with Crippen LogP contribution in [0.2, 0.25) is 0 Å². The van der Waals surface area contributed by atoms with Gasteiger partial charge in [-0.2, -0.15) is 0 Å². The zero-order valence-corrected chi connectivity index (χ0v) is 15.3. The quantitative estimate of drug-likeness (QED) is 0.919. The third kappa shape index (κ3) is 3.42. The Hall–Kier alpha value is -2.64. The normalized spacial score (nSPS) is 16.6. The van der Waals surface area contributed by atoms with E-state index >= 15 is 0 Å². The van der Waals surface area contributed by atoms with Crippen LogP contribution in [0.25, 0.3) is 0 Å². The van der Waals surface area contributed by atoms with Crippen LogP contribution in [0.15, 0.2) is 18.2 Å². The molecule has 0 bridgehead atoms. The Balaban J connectivity index is 1.77. The number of carbonyl (C=O) groups excluding carboxylic acids is 1. The number of amides is 1. The summed E-state index contributed by atoms with van der Waals surface area (Å²) in [4.78, 5) is 12.6. The van der Waals surface area contributed by atoms with E-state index in [0.29, 0.717) is 23.0 Å². The number of carbonyl (C=O) groups is 1. The summed E-state index contributed by atoms with van der Waals surface area (Å²) in [6.45, 7) is 11.4. The van der Waals surface area contributed by atoms with Gasteiger partial charge in [-0.1, -0.05) is 20.8 Å². The number of rotatable bonds is 3. The number of hydrogen-bond donors (Lipinski definition) is 1. The van der Waals surface area contributed by atoms with Gasteiger partial charge in [0.05, 0.1) is 0 Å². The van der Waals surface area contributed by atoms with Gasteiger partial charge < -0.3 is 14.8 Å². The third-order valence-corrected chi connectivity index (χ3v) is 3.83. The van der Waals surface area contributed by atoms with Crippen LogP contribution < -0.4 is 14.8 Å². The number of anilines is 1. The standard InChI is InChI=1S/C17H23N5O3/c1-10(22-15(16(2,3)4)19-20-21-22)14(23)18-11-7-8-12-13(9-11)25-17(5,6)24-12/h7-10H,1-6H3,(H,18,23)/t10-/m1/s1. The fourth-order valence-corrected chi connectivity index (χ4v) is 2.61. The van der Waals surface area contributed by atoms with Crippen molar-refractivity contribution < 1.29 is 14.3 Å². The first-order valence-corrected chi connectivity index (χ1v) is 8.18. The van der Waals surface area contributed by atoms with Gasteiger partial charge in [-0.05, 0) is 29.5 Å². The molecule has 0 unspecified atom stereocenters. The second kappa shape index (κ2) is 5.72. The first kappa shape index (κ1) is 17.2. The second-order valence-electron chi connectivity index (χ2n) is 7.63. The number of benzene rings is 1. The molecule has 0 saturated carbocycles. The maximum Gasteiger partial charge on any atom is 0.249 e. The van der Waals surface area contributed by atoms with Gasteiger partial charge in [0.15, 0.2) is 17.3 Å². The summed E-state index contributed by atoms with van der Waals surface area (Å²) in [5, 5.41) is 14.6. The van der Waals surface area contributed by atoms with E-state index in [-0.39, 0.29) is 11.3 Å². The summed E-state index contributed by atoms with van der Waals surface area (Å²) in [5.74, 6) is 1.00. The van der Waals surface area contributed by atoms with Crippen LogP contribution in [0.1, 0.15) is 53.4 Å². The summed E-state index contributed by atoms with van der Waals surface area (Å²) in [6.07, 6.45) is 0. The maximum atomic E-state index is 12.6. The SMILES string of the molecule is C[C@H](C(=O)Nc1ccc2c(c1)OC(C)(C)O2)n1nnnc1C(C)(C)C. The summed E-state index contributed by atoms with van der Waals surface area (Å²) in [7, 11) is 0. The zero-order valence-electron chi connectivity index (χ0n) is 15.3. The Morgan fingerprint density at radius 1 is 1.24 bits per heavy atom. The van der Waals surface area contributed by atoms with Crippen LogP contribution in [-0.4, -0.2) is 31.9 Å². The minimum atomic E-state index is -0.702. The molecule has 2 heterocycles. The monoisotopic (exact) mass is 345 g/mol. The molecule has 1 aliphatic heterocycles. The van der Waals surface area contributed by atoms with Gasteiger partial charge in [-0.3, -0.25) is 4.79 Å². The van der Waals surface area contributed by atoms with Crippen molar-refractivity contribution in [3.05, 3.63) is 24.0 Å². The van der Waals surface area contributed by atoms with Crippen LogP contribution in [0, 0.1) is 0 Å². The van der Waals surface area contributed by atoms with Gasteiger partial charge in [-0.25, -0.2) is 4.68 Å². The lowest BCUT2D eigenvalue weighted by molar-refractivity contribution is -0.119. The van der Waals surface area contributed by atoms with E-state index in [1.165, 1.54) is 0 Å². The smallest absolute Gasteiger partial charge is 0.249 e. The molecule has 0 radical (unpaired) electrons. The Morgan fingerprint density at radius 2 is 1.92 bits per heavy atom. The van der Waals surface area contributed by atoms with Gasteiger partial charge in [0.25, 0.3) is 0 Å². The molecule has 8 heteroatoms. The Labute approximate surface area is 146 Å². The lowest BCUT2D eigenvalue weighted by Gasteiger charge is -2.20. The largest absolute Gasteiger partial charge is 0.449 e. The molecule has 1 atom stereocenters. The minimum absolute atomic E-state index is 0.212. The van der Waals surface area contributed by atoms with Crippen molar-refractivity contribution in [2.45, 2.75) is 58.8 Å². The van der Waals surface area contributed by atoms with Crippen molar-refractivity contribution in [3.8, 4) is 11.5 Å². The molecule has 3 rings (SSSR count). The highest BCUT2D eigenvalue weighted by Crippen LogP contribution is 2.40. The van der Waals surface area contributed by atoms with Gasteiger partial charge in [0, 0.05) is 31.0 Å². The zero-order chi connectivity index (χ0) is 18.4. The second-order valence-corrected chi connectivity index (χ2v) is 7.63. The summed E-state index contributed by atoms with van der Waals surface area (Å²) in [6, 6.07) is 4.76. The summed E-state index contributed by atoms with van der Waals surface area (Å²) < 4.78 is 12.9. The number of aromatic nitrogens is 4. The van der Waals surface area contributed by atoms with Crippen LogP contribution >= 0.6 is 0 Å². The molecular weight excluding hydrogens is 322 g/mol. The average molecular weight is 345 g/mol. The fraction of sp³-hybridized carbons (Fsp3) is 0.529. The van der Waals surface area contributed by atoms with Gasteiger partial charge in [0.2, 0.25) is 11.7 Å². The van der Waals surface area contributed by atoms with Crippen molar-refractivity contribution >= 4 is 11.6 Å². The molecule has 1 aliphatic rings. The molecule has 0 spiro atoms.